The molecule has 0 heterocycles. The van der Waals surface area contributed by atoms with Gasteiger partial charge >= 0.3 is 0 Å². The van der Waals surface area contributed by atoms with Crippen molar-refractivity contribution in [2.75, 3.05) is 0 Å². The first-order valence-electron chi connectivity index (χ1n) is 22.7. The maximum Gasteiger partial charge on any atom is 0.206 e. The van der Waals surface area contributed by atoms with Gasteiger partial charge in [0, 0.05) is 32.7 Å². The van der Waals surface area contributed by atoms with Crippen LogP contribution in [0.4, 0.5) is 0 Å². The third kappa shape index (κ3) is 7.19. The van der Waals surface area contributed by atoms with Crippen LogP contribution in [0.5, 0.6) is 34.5 Å². The zero-order valence-electron chi connectivity index (χ0n) is 37.6. The Morgan fingerprint density at radius 3 is 0.800 bits per heavy atom. The molecule has 0 unspecified atom stereocenters. The van der Waals surface area contributed by atoms with Gasteiger partial charge < -0.3 is 19.7 Å². The van der Waals surface area contributed by atoms with E-state index in [4.69, 9.17) is 9.47 Å². The van der Waals surface area contributed by atoms with Gasteiger partial charge in [-0.25, -0.2) is 8.42 Å². The first-order valence-corrected chi connectivity index (χ1v) is 24.2. The second-order valence-electron chi connectivity index (χ2n) is 17.5. The van der Waals surface area contributed by atoms with Gasteiger partial charge in [-0.05, 0) is 164 Å². The van der Waals surface area contributed by atoms with Crippen molar-refractivity contribution in [2.45, 2.75) is 20.6 Å². The maximum absolute atomic E-state index is 13.9. The second-order valence-corrected chi connectivity index (χ2v) is 19.4. The van der Waals surface area contributed by atoms with Crippen LogP contribution in [0.25, 0.3) is 22.3 Å². The minimum Gasteiger partial charge on any atom is -0.508 e. The summed E-state index contributed by atoms with van der Waals surface area (Å²) in [7, 11) is -3.86. The Hall–Kier alpha value is -7.55. The Kier molecular flexibility index (Phi) is 11.4. The predicted octanol–water partition coefficient (Wildman–Crippen LogP) is 14.2. The van der Waals surface area contributed by atoms with Gasteiger partial charge in [-0.3, -0.25) is 0 Å². The van der Waals surface area contributed by atoms with E-state index in [1.807, 2.05) is 48.5 Å². The summed E-state index contributed by atoms with van der Waals surface area (Å²) in [5, 5.41) is 20.5. The van der Waals surface area contributed by atoms with Crippen LogP contribution in [0.15, 0.2) is 252 Å². The number of aromatic hydroxyl groups is 2. The molecule has 12 rings (SSSR count). The predicted molar refractivity (Wildman–Crippen MR) is 269 cm³/mol. The molecule has 70 heavy (non-hydrogen) atoms. The van der Waals surface area contributed by atoms with Crippen LogP contribution in [0.3, 0.4) is 0 Å². The summed E-state index contributed by atoms with van der Waals surface area (Å²) in [6.45, 7) is 0. The van der Waals surface area contributed by atoms with E-state index in [0.29, 0.717) is 23.0 Å². The molecule has 1 radical (unpaired) electrons. The first-order chi connectivity index (χ1) is 33.7. The molecule has 0 fully saturated rings. The zero-order valence-corrected chi connectivity index (χ0v) is 41.3. The SMILES string of the molecule is O=S(=O)(c1ccc(Oc2ccc(C3(c4ccc(O)cc4)c4ccccc4-c4ccccc43)cc2)cc1)c1ccc(Oc2ccc(C3(c4ccc(O)cc4)c4ccccc4-c4ccccc43)cc2)cc1.[Y]. The molecule has 10 aromatic rings. The monoisotopic (exact) mass is 1000 g/mol. The summed E-state index contributed by atoms with van der Waals surface area (Å²) in [5.41, 5.74) is 12.2. The Morgan fingerprint density at radius 1 is 0.300 bits per heavy atom. The quantitative estimate of drug-likeness (QED) is 0.142. The van der Waals surface area contributed by atoms with E-state index < -0.39 is 20.7 Å². The molecule has 0 amide bonds. The number of fused-ring (bicyclic) bond motifs is 6. The largest absolute Gasteiger partial charge is 0.508 e. The van der Waals surface area contributed by atoms with E-state index in [2.05, 4.69) is 121 Å². The van der Waals surface area contributed by atoms with Crippen LogP contribution < -0.4 is 9.47 Å². The number of hydrogen-bond donors (Lipinski definition) is 2. The Balaban J connectivity index is 0.00000533. The molecule has 0 saturated carbocycles. The topological polar surface area (TPSA) is 93.1 Å². The van der Waals surface area contributed by atoms with Gasteiger partial charge in [0.2, 0.25) is 9.84 Å². The summed E-state index contributed by atoms with van der Waals surface area (Å²) in [6, 6.07) is 77.7. The molecule has 10 aromatic carbocycles. The third-order valence-electron chi connectivity index (χ3n) is 13.8. The van der Waals surface area contributed by atoms with Crippen LogP contribution in [-0.4, -0.2) is 18.6 Å². The van der Waals surface area contributed by atoms with Crippen molar-refractivity contribution < 1.29 is 60.8 Å². The van der Waals surface area contributed by atoms with Gasteiger partial charge in [-0.2, -0.15) is 0 Å². The standard InChI is InChI=1S/C62H42O6S.Y/c63-45-25-17-41(18-26-45)61(57-13-5-1-9-53(57)54-10-2-6-14-58(54)61)43-21-29-47(30-22-43)67-49-33-37-51(38-34-49)69(65,66)52-39-35-50(36-40-52)68-48-31-23-44(24-32-48)62(42-19-27-46(64)28-20-42)59-15-7-3-11-55(59)56-12-4-8-16-60(56)62;/h1-40,63-64H;. The minimum absolute atomic E-state index is 0. The van der Waals surface area contributed by atoms with Gasteiger partial charge in [0.05, 0.1) is 20.6 Å². The van der Waals surface area contributed by atoms with Crippen LogP contribution in [-0.2, 0) is 53.4 Å². The summed E-state index contributed by atoms with van der Waals surface area (Å²) in [5.74, 6) is 2.61. The average Bonchev–Trinajstić information content (AvgIpc) is 3.87. The van der Waals surface area contributed by atoms with E-state index in [-0.39, 0.29) is 54.0 Å². The van der Waals surface area contributed by atoms with Gasteiger partial charge in [0.25, 0.3) is 0 Å². The van der Waals surface area contributed by atoms with E-state index in [1.54, 1.807) is 72.8 Å². The van der Waals surface area contributed by atoms with Gasteiger partial charge in [-0.15, -0.1) is 0 Å². The van der Waals surface area contributed by atoms with E-state index in [0.717, 1.165) is 44.5 Å². The number of rotatable bonds is 10. The number of hydrogen-bond acceptors (Lipinski definition) is 6. The van der Waals surface area contributed by atoms with Crippen molar-refractivity contribution in [3.8, 4) is 56.8 Å². The molecule has 6 nitrogen and oxygen atoms in total. The van der Waals surface area contributed by atoms with Crippen molar-refractivity contribution in [3.63, 3.8) is 0 Å². The molecule has 2 aliphatic rings. The number of ether oxygens (including phenoxy) is 2. The number of phenolic OH excluding ortho intramolecular Hbond substituents is 2. The summed E-state index contributed by atoms with van der Waals surface area (Å²) in [6.07, 6.45) is 0. The fourth-order valence-electron chi connectivity index (χ4n) is 10.8. The molecule has 0 saturated heterocycles. The Labute approximate surface area is 431 Å². The zero-order chi connectivity index (χ0) is 46.7. The Bertz CT molecular complexity index is 3340. The van der Waals surface area contributed by atoms with Crippen molar-refractivity contribution in [2.24, 2.45) is 0 Å². The summed E-state index contributed by atoms with van der Waals surface area (Å²) < 4.78 is 40.3. The van der Waals surface area contributed by atoms with Crippen molar-refractivity contribution >= 4 is 9.84 Å². The molecule has 8 heteroatoms. The third-order valence-corrected chi connectivity index (χ3v) is 15.6. The fourth-order valence-corrected chi connectivity index (χ4v) is 12.1. The molecule has 2 aliphatic carbocycles. The van der Waals surface area contributed by atoms with E-state index >= 15 is 0 Å². The number of phenols is 2. The van der Waals surface area contributed by atoms with Crippen LogP contribution in [0.1, 0.15) is 44.5 Å². The molecular formula is C62H42O6SY. The fraction of sp³-hybridized carbons (Fsp3) is 0.0323. The van der Waals surface area contributed by atoms with Crippen molar-refractivity contribution in [3.05, 3.63) is 287 Å². The molecule has 2 N–H and O–H groups in total. The normalized spacial score (nSPS) is 13.5. The van der Waals surface area contributed by atoms with Gasteiger partial charge in [-0.1, -0.05) is 146 Å². The second kappa shape index (κ2) is 17.8. The number of sulfone groups is 1. The van der Waals surface area contributed by atoms with E-state index in [9.17, 15) is 18.6 Å². The summed E-state index contributed by atoms with van der Waals surface area (Å²) in [4.78, 5) is 0.281. The molecule has 0 atom stereocenters. The van der Waals surface area contributed by atoms with Gasteiger partial charge in [0.15, 0.2) is 0 Å². The van der Waals surface area contributed by atoms with Crippen molar-refractivity contribution in [1.82, 2.24) is 0 Å². The maximum atomic E-state index is 13.9. The average molecular weight is 1000 g/mol. The minimum atomic E-state index is -3.86. The molecule has 335 valence electrons. The molecule has 0 aliphatic heterocycles. The molecular weight excluding hydrogens is 962 g/mol. The molecule has 0 spiro atoms. The van der Waals surface area contributed by atoms with Crippen LogP contribution in [0.2, 0.25) is 0 Å². The first kappa shape index (κ1) is 44.9. The summed E-state index contributed by atoms with van der Waals surface area (Å²) >= 11 is 0. The van der Waals surface area contributed by atoms with Crippen molar-refractivity contribution in [1.29, 1.82) is 0 Å². The smallest absolute Gasteiger partial charge is 0.206 e. The molecule has 0 aromatic heterocycles. The van der Waals surface area contributed by atoms with E-state index in [1.165, 1.54) is 22.3 Å². The Morgan fingerprint density at radius 2 is 0.529 bits per heavy atom. The van der Waals surface area contributed by atoms with Gasteiger partial charge in [0.1, 0.15) is 34.5 Å². The van der Waals surface area contributed by atoms with Crippen LogP contribution in [0, 0.1) is 0 Å². The number of benzene rings is 10. The molecule has 0 bridgehead atoms. The van der Waals surface area contributed by atoms with Crippen LogP contribution >= 0.6 is 0 Å².